The zero-order chi connectivity index (χ0) is 21.5. The molecule has 8 heteroatoms. The van der Waals surface area contributed by atoms with Gasteiger partial charge in [0.2, 0.25) is 0 Å². The molecule has 0 saturated carbocycles. The molecule has 162 valence electrons. The van der Waals surface area contributed by atoms with Crippen molar-refractivity contribution in [2.24, 2.45) is 0 Å². The van der Waals surface area contributed by atoms with Crippen LogP contribution < -0.4 is 4.74 Å². The molecule has 2 aliphatic rings. The SMILES string of the molecule is CCOc1ccc(Cc2cc(C3(O)C(O)C(O)C4OCC3(CO)O4)ccc2Cl)cc1. The van der Waals surface area contributed by atoms with Crippen LogP contribution in [0.25, 0.3) is 0 Å². The Kier molecular flexibility index (Phi) is 5.80. The third-order valence-electron chi connectivity index (χ3n) is 5.92. The average Bonchev–Trinajstić information content (AvgIpc) is 3.18. The van der Waals surface area contributed by atoms with Gasteiger partial charge in [0.1, 0.15) is 18.0 Å². The Labute approximate surface area is 179 Å². The minimum absolute atomic E-state index is 0.171. The maximum Gasteiger partial charge on any atom is 0.187 e. The molecule has 5 unspecified atom stereocenters. The van der Waals surface area contributed by atoms with Crippen LogP contribution in [0.15, 0.2) is 42.5 Å². The number of fused-ring (bicyclic) bond motifs is 2. The molecule has 0 aliphatic carbocycles. The second-order valence-electron chi connectivity index (χ2n) is 7.71. The van der Waals surface area contributed by atoms with E-state index in [1.165, 1.54) is 0 Å². The fourth-order valence-corrected chi connectivity index (χ4v) is 4.40. The molecule has 30 heavy (non-hydrogen) atoms. The van der Waals surface area contributed by atoms with Crippen molar-refractivity contribution in [3.63, 3.8) is 0 Å². The molecule has 2 bridgehead atoms. The van der Waals surface area contributed by atoms with Gasteiger partial charge in [-0.15, -0.1) is 0 Å². The van der Waals surface area contributed by atoms with Crippen molar-refractivity contribution in [3.8, 4) is 5.75 Å². The Morgan fingerprint density at radius 2 is 1.90 bits per heavy atom. The normalized spacial score (nSPS) is 32.9. The highest BCUT2D eigenvalue weighted by Gasteiger charge is 2.68. The zero-order valence-corrected chi connectivity index (χ0v) is 17.2. The van der Waals surface area contributed by atoms with Crippen LogP contribution >= 0.6 is 11.6 Å². The van der Waals surface area contributed by atoms with Crippen molar-refractivity contribution in [3.05, 3.63) is 64.2 Å². The lowest BCUT2D eigenvalue weighted by atomic mass is 9.71. The van der Waals surface area contributed by atoms with Gasteiger partial charge in [0.25, 0.3) is 0 Å². The van der Waals surface area contributed by atoms with Crippen LogP contribution in [0.1, 0.15) is 23.6 Å². The molecule has 2 aromatic carbocycles. The summed E-state index contributed by atoms with van der Waals surface area (Å²) in [7, 11) is 0. The summed E-state index contributed by atoms with van der Waals surface area (Å²) in [5.41, 5.74) is -1.72. The van der Waals surface area contributed by atoms with Gasteiger partial charge in [-0.25, -0.2) is 0 Å². The van der Waals surface area contributed by atoms with Gasteiger partial charge in [0.05, 0.1) is 19.8 Å². The molecule has 4 N–H and O–H groups in total. The van der Waals surface area contributed by atoms with Crippen LogP contribution in [0.4, 0.5) is 0 Å². The molecule has 2 heterocycles. The number of hydrogen-bond acceptors (Lipinski definition) is 7. The minimum atomic E-state index is -2.09. The van der Waals surface area contributed by atoms with E-state index >= 15 is 0 Å². The molecule has 2 fully saturated rings. The fourth-order valence-electron chi connectivity index (χ4n) is 4.22. The number of halogens is 1. The molecular weight excluding hydrogens is 412 g/mol. The second kappa shape index (κ2) is 8.09. The summed E-state index contributed by atoms with van der Waals surface area (Å²) >= 11 is 6.40. The summed E-state index contributed by atoms with van der Waals surface area (Å²) in [6, 6.07) is 12.4. The monoisotopic (exact) mass is 436 g/mol. The van der Waals surface area contributed by atoms with Gasteiger partial charge in [-0.3, -0.25) is 0 Å². The van der Waals surface area contributed by atoms with Crippen LogP contribution in [0, 0.1) is 0 Å². The third-order valence-corrected chi connectivity index (χ3v) is 6.29. The van der Waals surface area contributed by atoms with E-state index < -0.39 is 36.3 Å². The third kappa shape index (κ3) is 3.31. The maximum absolute atomic E-state index is 11.6. The van der Waals surface area contributed by atoms with Crippen LogP contribution in [0.3, 0.4) is 0 Å². The number of benzene rings is 2. The molecule has 7 nitrogen and oxygen atoms in total. The molecular formula is C22H25ClO7. The molecule has 2 saturated heterocycles. The Morgan fingerprint density at radius 1 is 1.17 bits per heavy atom. The van der Waals surface area contributed by atoms with Crippen LogP contribution in [-0.4, -0.2) is 64.3 Å². The van der Waals surface area contributed by atoms with E-state index in [1.54, 1.807) is 18.2 Å². The highest BCUT2D eigenvalue weighted by molar-refractivity contribution is 6.31. The number of rotatable bonds is 6. The molecule has 2 aliphatic heterocycles. The van der Waals surface area contributed by atoms with E-state index in [9.17, 15) is 20.4 Å². The summed E-state index contributed by atoms with van der Waals surface area (Å²) in [5, 5.41) is 43.1. The molecule has 0 radical (unpaired) electrons. The topological polar surface area (TPSA) is 109 Å². The Morgan fingerprint density at radius 3 is 2.57 bits per heavy atom. The largest absolute Gasteiger partial charge is 0.494 e. The predicted molar refractivity (Wildman–Crippen MR) is 108 cm³/mol. The van der Waals surface area contributed by atoms with E-state index in [1.807, 2.05) is 31.2 Å². The first-order chi connectivity index (χ1) is 14.3. The van der Waals surface area contributed by atoms with Crippen molar-refractivity contribution in [1.29, 1.82) is 0 Å². The highest BCUT2D eigenvalue weighted by Crippen LogP contribution is 2.49. The van der Waals surface area contributed by atoms with Gasteiger partial charge in [-0.2, -0.15) is 0 Å². The zero-order valence-electron chi connectivity index (χ0n) is 16.5. The van der Waals surface area contributed by atoms with Crippen molar-refractivity contribution in [1.82, 2.24) is 0 Å². The lowest BCUT2D eigenvalue weighted by Gasteiger charge is -2.49. The number of aliphatic hydroxyl groups excluding tert-OH is 3. The van der Waals surface area contributed by atoms with E-state index in [2.05, 4.69) is 0 Å². The number of hydrogen-bond donors (Lipinski definition) is 4. The van der Waals surface area contributed by atoms with E-state index in [0.29, 0.717) is 23.6 Å². The van der Waals surface area contributed by atoms with E-state index in [4.69, 9.17) is 25.8 Å². The number of aliphatic hydroxyl groups is 4. The van der Waals surface area contributed by atoms with Crippen molar-refractivity contribution >= 4 is 11.6 Å². The maximum atomic E-state index is 11.6. The van der Waals surface area contributed by atoms with E-state index in [0.717, 1.165) is 11.3 Å². The van der Waals surface area contributed by atoms with Crippen molar-refractivity contribution < 1.29 is 34.6 Å². The summed E-state index contributed by atoms with van der Waals surface area (Å²) < 4.78 is 16.5. The molecule has 5 atom stereocenters. The molecule has 0 spiro atoms. The lowest BCUT2D eigenvalue weighted by Crippen LogP contribution is -2.69. The van der Waals surface area contributed by atoms with Crippen LogP contribution in [0.5, 0.6) is 5.75 Å². The van der Waals surface area contributed by atoms with Gasteiger partial charge in [-0.05, 0) is 48.2 Å². The second-order valence-corrected chi connectivity index (χ2v) is 8.12. The van der Waals surface area contributed by atoms with Gasteiger partial charge in [-0.1, -0.05) is 35.9 Å². The minimum Gasteiger partial charge on any atom is -0.494 e. The summed E-state index contributed by atoms with van der Waals surface area (Å²) in [6.45, 7) is 1.73. The highest BCUT2D eigenvalue weighted by atomic mass is 35.5. The summed E-state index contributed by atoms with van der Waals surface area (Å²) in [4.78, 5) is 0. The molecule has 2 aromatic rings. The Bertz CT molecular complexity index is 905. The molecule has 4 rings (SSSR count). The lowest BCUT2D eigenvalue weighted by molar-refractivity contribution is -0.313. The summed E-state index contributed by atoms with van der Waals surface area (Å²) in [5.74, 6) is 0.771. The average molecular weight is 437 g/mol. The summed E-state index contributed by atoms with van der Waals surface area (Å²) in [6.07, 6.45) is -3.73. The van der Waals surface area contributed by atoms with Crippen molar-refractivity contribution in [2.75, 3.05) is 19.8 Å². The smallest absolute Gasteiger partial charge is 0.187 e. The fraction of sp³-hybridized carbons (Fsp3) is 0.455. The first-order valence-electron chi connectivity index (χ1n) is 9.84. The first-order valence-corrected chi connectivity index (χ1v) is 10.2. The quantitative estimate of drug-likeness (QED) is 0.541. The van der Waals surface area contributed by atoms with Gasteiger partial charge >= 0.3 is 0 Å². The van der Waals surface area contributed by atoms with Gasteiger partial charge in [0, 0.05) is 5.02 Å². The predicted octanol–water partition coefficient (Wildman–Crippen LogP) is 1.36. The van der Waals surface area contributed by atoms with Crippen molar-refractivity contribution in [2.45, 2.75) is 43.0 Å². The molecule has 0 aromatic heterocycles. The van der Waals surface area contributed by atoms with Gasteiger partial charge < -0.3 is 34.6 Å². The number of ether oxygens (including phenoxy) is 3. The molecule has 0 amide bonds. The van der Waals surface area contributed by atoms with Gasteiger partial charge in [0.15, 0.2) is 17.5 Å². The Hall–Kier alpha value is -1.71. The Balaban J connectivity index is 1.69. The van der Waals surface area contributed by atoms with E-state index in [-0.39, 0.29) is 12.2 Å². The van der Waals surface area contributed by atoms with Crippen LogP contribution in [0.2, 0.25) is 5.02 Å². The standard InChI is InChI=1S/C22H25ClO7/c1-2-28-16-6-3-13(4-7-16)9-14-10-15(5-8-17(14)23)22(27)19(26)18(25)20-29-12-21(22,11-24)30-20/h3-8,10,18-20,24-27H,2,9,11-12H2,1H3. The first kappa shape index (κ1) is 21.5. The van der Waals surface area contributed by atoms with Crippen LogP contribution in [-0.2, 0) is 21.5 Å².